The van der Waals surface area contributed by atoms with Crippen molar-refractivity contribution in [2.75, 3.05) is 6.54 Å². The van der Waals surface area contributed by atoms with Crippen molar-refractivity contribution in [3.8, 4) is 0 Å². The van der Waals surface area contributed by atoms with E-state index < -0.39 is 0 Å². The molecule has 1 fully saturated rings. The van der Waals surface area contributed by atoms with E-state index in [-0.39, 0.29) is 23.2 Å². The number of carbonyl (C=O) groups excluding carboxylic acids is 1. The second-order valence-electron chi connectivity index (χ2n) is 8.54. The standard InChI is InChI=1S/C22H43NO2/c1-8-12-14-15-20(24)25-19-17-21(6,10-3)23(16-13-9-2)22(7,11-4)18(19)5/h18-19H,8-17H2,1-7H3. The van der Waals surface area contributed by atoms with Gasteiger partial charge in [-0.1, -0.05) is 53.9 Å². The van der Waals surface area contributed by atoms with Crippen molar-refractivity contribution < 1.29 is 9.53 Å². The van der Waals surface area contributed by atoms with Crippen molar-refractivity contribution in [3.05, 3.63) is 0 Å². The summed E-state index contributed by atoms with van der Waals surface area (Å²) in [7, 11) is 0. The smallest absolute Gasteiger partial charge is 0.306 e. The van der Waals surface area contributed by atoms with Crippen LogP contribution in [0.15, 0.2) is 0 Å². The van der Waals surface area contributed by atoms with Crippen LogP contribution in [0.1, 0.15) is 106 Å². The molecule has 148 valence electrons. The number of hydrogen-bond donors (Lipinski definition) is 0. The molecule has 0 radical (unpaired) electrons. The first-order valence-corrected chi connectivity index (χ1v) is 10.8. The molecule has 0 aromatic carbocycles. The maximum Gasteiger partial charge on any atom is 0.306 e. The summed E-state index contributed by atoms with van der Waals surface area (Å²) in [6, 6.07) is 0. The summed E-state index contributed by atoms with van der Waals surface area (Å²) in [4.78, 5) is 15.1. The summed E-state index contributed by atoms with van der Waals surface area (Å²) in [5, 5.41) is 0. The quantitative estimate of drug-likeness (QED) is 0.358. The van der Waals surface area contributed by atoms with Crippen LogP contribution in [0.3, 0.4) is 0 Å². The highest BCUT2D eigenvalue weighted by atomic mass is 16.5. The Morgan fingerprint density at radius 1 is 1.04 bits per heavy atom. The minimum Gasteiger partial charge on any atom is -0.462 e. The van der Waals surface area contributed by atoms with Gasteiger partial charge in [-0.3, -0.25) is 9.69 Å². The van der Waals surface area contributed by atoms with E-state index in [0.717, 1.165) is 45.1 Å². The fourth-order valence-corrected chi connectivity index (χ4v) is 4.56. The highest BCUT2D eigenvalue weighted by Gasteiger charge is 2.53. The minimum atomic E-state index is 0.00390. The second kappa shape index (κ2) is 9.94. The first-order chi connectivity index (χ1) is 11.8. The highest BCUT2D eigenvalue weighted by Crippen LogP contribution is 2.46. The minimum absolute atomic E-state index is 0.00390. The number of nitrogens with zero attached hydrogens (tertiary/aromatic N) is 1. The zero-order valence-corrected chi connectivity index (χ0v) is 18.0. The summed E-state index contributed by atoms with van der Waals surface area (Å²) in [5.41, 5.74) is 0.202. The molecule has 0 aromatic rings. The monoisotopic (exact) mass is 353 g/mol. The first-order valence-electron chi connectivity index (χ1n) is 10.8. The number of unbranched alkanes of at least 4 members (excludes halogenated alkanes) is 3. The molecule has 0 aliphatic carbocycles. The van der Waals surface area contributed by atoms with Crippen molar-refractivity contribution >= 4 is 5.97 Å². The van der Waals surface area contributed by atoms with Crippen LogP contribution in [0.2, 0.25) is 0 Å². The Bertz CT molecular complexity index is 411. The van der Waals surface area contributed by atoms with Crippen LogP contribution in [0.4, 0.5) is 0 Å². The molecule has 0 aromatic heterocycles. The van der Waals surface area contributed by atoms with Crippen LogP contribution in [0, 0.1) is 5.92 Å². The van der Waals surface area contributed by atoms with Crippen molar-refractivity contribution in [1.29, 1.82) is 0 Å². The molecule has 1 saturated heterocycles. The van der Waals surface area contributed by atoms with Crippen molar-refractivity contribution in [3.63, 3.8) is 0 Å². The van der Waals surface area contributed by atoms with E-state index in [9.17, 15) is 4.79 Å². The molecular formula is C22H43NO2. The zero-order valence-electron chi connectivity index (χ0n) is 18.0. The largest absolute Gasteiger partial charge is 0.462 e. The van der Waals surface area contributed by atoms with E-state index in [1.165, 1.54) is 12.8 Å². The van der Waals surface area contributed by atoms with Crippen molar-refractivity contribution in [1.82, 2.24) is 4.90 Å². The molecule has 0 bridgehead atoms. The number of hydrogen-bond acceptors (Lipinski definition) is 3. The molecule has 0 spiro atoms. The van der Waals surface area contributed by atoms with Crippen LogP contribution < -0.4 is 0 Å². The Hall–Kier alpha value is -0.570. The lowest BCUT2D eigenvalue weighted by Crippen LogP contribution is -2.68. The van der Waals surface area contributed by atoms with Gasteiger partial charge in [0.1, 0.15) is 6.10 Å². The molecule has 3 heteroatoms. The Balaban J connectivity index is 2.95. The fraction of sp³-hybridized carbons (Fsp3) is 0.955. The molecule has 25 heavy (non-hydrogen) atoms. The summed E-state index contributed by atoms with van der Waals surface area (Å²) in [6.45, 7) is 17.2. The molecular weight excluding hydrogens is 310 g/mol. The van der Waals surface area contributed by atoms with Gasteiger partial charge >= 0.3 is 5.97 Å². The fourth-order valence-electron chi connectivity index (χ4n) is 4.56. The summed E-state index contributed by atoms with van der Waals surface area (Å²) in [6.07, 6.45) is 9.43. The van der Waals surface area contributed by atoms with Crippen LogP contribution in [0.25, 0.3) is 0 Å². The average molecular weight is 354 g/mol. The maximum atomic E-state index is 12.3. The normalized spacial score (nSPS) is 33.4. The third-order valence-electron chi connectivity index (χ3n) is 6.93. The summed E-state index contributed by atoms with van der Waals surface area (Å²) in [5.74, 6) is 0.369. The topological polar surface area (TPSA) is 29.5 Å². The number of ether oxygens (including phenoxy) is 1. The van der Waals surface area contributed by atoms with Crippen molar-refractivity contribution in [2.45, 2.75) is 123 Å². The first kappa shape index (κ1) is 22.5. The van der Waals surface area contributed by atoms with E-state index in [1.54, 1.807) is 0 Å². The van der Waals surface area contributed by atoms with Gasteiger partial charge in [0.15, 0.2) is 0 Å². The van der Waals surface area contributed by atoms with Crippen molar-refractivity contribution in [2.24, 2.45) is 5.92 Å². The SMILES string of the molecule is CCCCCC(=O)OC1CC(C)(CC)N(CCCC)C(C)(CC)C1C. The van der Waals surface area contributed by atoms with Gasteiger partial charge in [-0.05, 0) is 46.1 Å². The van der Waals surface area contributed by atoms with E-state index >= 15 is 0 Å². The van der Waals surface area contributed by atoms with Gasteiger partial charge in [0.05, 0.1) is 0 Å². The van der Waals surface area contributed by atoms with E-state index in [0.29, 0.717) is 12.3 Å². The maximum absolute atomic E-state index is 12.3. The van der Waals surface area contributed by atoms with Gasteiger partial charge in [0, 0.05) is 29.8 Å². The number of esters is 1. The third-order valence-corrected chi connectivity index (χ3v) is 6.93. The summed E-state index contributed by atoms with van der Waals surface area (Å²) >= 11 is 0. The number of rotatable bonds is 10. The molecule has 0 saturated carbocycles. The molecule has 1 aliphatic heterocycles. The molecule has 1 rings (SSSR count). The van der Waals surface area contributed by atoms with Gasteiger partial charge in [-0.15, -0.1) is 0 Å². The Morgan fingerprint density at radius 3 is 2.20 bits per heavy atom. The number of piperidine rings is 1. The van der Waals surface area contributed by atoms with Gasteiger partial charge in [0.25, 0.3) is 0 Å². The predicted octanol–water partition coefficient (Wildman–Crippen LogP) is 5.96. The van der Waals surface area contributed by atoms with Crippen LogP contribution in [-0.2, 0) is 9.53 Å². The molecule has 1 heterocycles. The summed E-state index contributed by atoms with van der Waals surface area (Å²) < 4.78 is 6.03. The molecule has 3 nitrogen and oxygen atoms in total. The molecule has 4 atom stereocenters. The predicted molar refractivity (Wildman–Crippen MR) is 107 cm³/mol. The molecule has 4 unspecified atom stereocenters. The molecule has 0 amide bonds. The van der Waals surface area contributed by atoms with Crippen LogP contribution >= 0.6 is 0 Å². The van der Waals surface area contributed by atoms with Gasteiger partial charge in [0.2, 0.25) is 0 Å². The highest BCUT2D eigenvalue weighted by molar-refractivity contribution is 5.69. The van der Waals surface area contributed by atoms with E-state index in [4.69, 9.17) is 4.74 Å². The van der Waals surface area contributed by atoms with Gasteiger partial charge in [-0.25, -0.2) is 0 Å². The third kappa shape index (κ3) is 5.21. The van der Waals surface area contributed by atoms with Crippen LogP contribution in [-0.4, -0.2) is 34.6 Å². The molecule has 1 aliphatic rings. The zero-order chi connectivity index (χ0) is 19.1. The lowest BCUT2D eigenvalue weighted by molar-refractivity contribution is -0.177. The number of likely N-dealkylation sites (tertiary alicyclic amines) is 1. The Kier molecular flexibility index (Phi) is 8.94. The lowest BCUT2D eigenvalue weighted by atomic mass is 9.67. The Labute approximate surface area is 156 Å². The number of carbonyl (C=O) groups is 1. The van der Waals surface area contributed by atoms with Gasteiger partial charge in [-0.2, -0.15) is 0 Å². The van der Waals surface area contributed by atoms with Gasteiger partial charge < -0.3 is 4.74 Å². The van der Waals surface area contributed by atoms with E-state index in [1.807, 2.05) is 0 Å². The molecule has 0 N–H and O–H groups in total. The van der Waals surface area contributed by atoms with E-state index in [2.05, 4.69) is 53.4 Å². The Morgan fingerprint density at radius 2 is 1.68 bits per heavy atom. The van der Waals surface area contributed by atoms with Crippen LogP contribution in [0.5, 0.6) is 0 Å². The average Bonchev–Trinajstić information content (AvgIpc) is 2.59. The lowest BCUT2D eigenvalue weighted by Gasteiger charge is -2.60. The second-order valence-corrected chi connectivity index (χ2v) is 8.54.